The summed E-state index contributed by atoms with van der Waals surface area (Å²) in [5.74, 6) is -0.709. The number of hydrogen-bond donors (Lipinski definition) is 0. The second-order valence-electron chi connectivity index (χ2n) is 5.67. The highest BCUT2D eigenvalue weighted by atomic mass is 19.4. The van der Waals surface area contributed by atoms with Crippen molar-refractivity contribution in [3.63, 3.8) is 0 Å². The molecule has 5 nitrogen and oxygen atoms in total. The number of carbonyl (C=O) groups is 2. The standard InChI is InChI=1S/C14H17F3N2O3/c1-13(2,3)22-12(21)19(4)8-10(20)9-6-5-7-11(18-9)14(15,16)17/h5-7H,8H2,1-4H3. The lowest BCUT2D eigenvalue weighted by atomic mass is 10.2. The zero-order valence-electron chi connectivity index (χ0n) is 12.7. The van der Waals surface area contributed by atoms with Crippen LogP contribution >= 0.6 is 0 Å². The first-order valence-corrected chi connectivity index (χ1v) is 6.42. The van der Waals surface area contributed by atoms with Gasteiger partial charge < -0.3 is 9.64 Å². The highest BCUT2D eigenvalue weighted by Crippen LogP contribution is 2.27. The quantitative estimate of drug-likeness (QED) is 0.803. The molecule has 0 saturated carbocycles. The van der Waals surface area contributed by atoms with Gasteiger partial charge in [-0.3, -0.25) is 4.79 Å². The molecule has 0 fully saturated rings. The van der Waals surface area contributed by atoms with E-state index in [1.807, 2.05) is 0 Å². The molecule has 22 heavy (non-hydrogen) atoms. The Morgan fingerprint density at radius 2 is 1.82 bits per heavy atom. The highest BCUT2D eigenvalue weighted by molar-refractivity contribution is 5.97. The van der Waals surface area contributed by atoms with Crippen LogP contribution < -0.4 is 0 Å². The predicted molar refractivity (Wildman–Crippen MR) is 72.4 cm³/mol. The highest BCUT2D eigenvalue weighted by Gasteiger charge is 2.33. The minimum Gasteiger partial charge on any atom is -0.444 e. The first kappa shape index (κ1) is 17.9. The number of ether oxygens (including phenoxy) is 1. The largest absolute Gasteiger partial charge is 0.444 e. The van der Waals surface area contributed by atoms with Crippen molar-refractivity contribution in [2.75, 3.05) is 13.6 Å². The summed E-state index contributed by atoms with van der Waals surface area (Å²) in [5, 5.41) is 0. The molecule has 0 radical (unpaired) electrons. The fourth-order valence-electron chi connectivity index (χ4n) is 1.45. The first-order valence-electron chi connectivity index (χ1n) is 6.42. The van der Waals surface area contributed by atoms with Crippen molar-refractivity contribution < 1.29 is 27.5 Å². The molecule has 8 heteroatoms. The lowest BCUT2D eigenvalue weighted by molar-refractivity contribution is -0.141. The number of pyridine rings is 1. The fraction of sp³-hybridized carbons (Fsp3) is 0.500. The molecule has 1 rings (SSSR count). The number of rotatable bonds is 3. The average Bonchev–Trinajstić information content (AvgIpc) is 2.35. The predicted octanol–water partition coefficient (Wildman–Crippen LogP) is 3.15. The number of hydrogen-bond acceptors (Lipinski definition) is 4. The van der Waals surface area contributed by atoms with Crippen molar-refractivity contribution in [3.05, 3.63) is 29.6 Å². The van der Waals surface area contributed by atoms with Crippen molar-refractivity contribution in [2.24, 2.45) is 0 Å². The first-order chi connectivity index (χ1) is 9.90. The Morgan fingerprint density at radius 3 is 2.32 bits per heavy atom. The van der Waals surface area contributed by atoms with Gasteiger partial charge in [-0.15, -0.1) is 0 Å². The number of Topliss-reactive ketones (excluding diaryl/α,β-unsaturated/α-hetero) is 1. The number of likely N-dealkylation sites (N-methyl/N-ethyl adjacent to an activating group) is 1. The maximum Gasteiger partial charge on any atom is 0.433 e. The summed E-state index contributed by atoms with van der Waals surface area (Å²) < 4.78 is 42.7. The lowest BCUT2D eigenvalue weighted by Gasteiger charge is -2.24. The third-order valence-electron chi connectivity index (χ3n) is 2.41. The number of nitrogens with zero attached hydrogens (tertiary/aromatic N) is 2. The van der Waals surface area contributed by atoms with Crippen LogP contribution in [-0.4, -0.2) is 41.0 Å². The number of ketones is 1. The summed E-state index contributed by atoms with van der Waals surface area (Å²) in [6, 6.07) is 3.03. The van der Waals surface area contributed by atoms with Gasteiger partial charge in [-0.1, -0.05) is 6.07 Å². The Balaban J connectivity index is 2.79. The van der Waals surface area contributed by atoms with Crippen LogP contribution in [0.1, 0.15) is 37.0 Å². The second-order valence-corrected chi connectivity index (χ2v) is 5.67. The molecular weight excluding hydrogens is 301 g/mol. The Kier molecular flexibility index (Phi) is 5.16. The van der Waals surface area contributed by atoms with Crippen LogP contribution in [0.5, 0.6) is 0 Å². The molecule has 0 aliphatic rings. The van der Waals surface area contributed by atoms with Gasteiger partial charge in [0.05, 0.1) is 6.54 Å². The van der Waals surface area contributed by atoms with Gasteiger partial charge in [0.15, 0.2) is 0 Å². The number of amides is 1. The van der Waals surface area contributed by atoms with E-state index in [1.54, 1.807) is 20.8 Å². The Bertz CT molecular complexity index is 565. The monoisotopic (exact) mass is 318 g/mol. The van der Waals surface area contributed by atoms with Gasteiger partial charge in [0, 0.05) is 7.05 Å². The molecule has 1 amide bonds. The fourth-order valence-corrected chi connectivity index (χ4v) is 1.45. The van der Waals surface area contributed by atoms with E-state index in [2.05, 4.69) is 4.98 Å². The third-order valence-corrected chi connectivity index (χ3v) is 2.41. The van der Waals surface area contributed by atoms with Crippen LogP contribution in [-0.2, 0) is 10.9 Å². The number of carbonyl (C=O) groups excluding carboxylic acids is 2. The van der Waals surface area contributed by atoms with Gasteiger partial charge in [0.2, 0.25) is 5.78 Å². The molecule has 0 spiro atoms. The molecule has 1 aromatic heterocycles. The Hall–Kier alpha value is -2.12. The van der Waals surface area contributed by atoms with Crippen molar-refractivity contribution in [2.45, 2.75) is 32.5 Å². The average molecular weight is 318 g/mol. The van der Waals surface area contributed by atoms with Crippen LogP contribution in [0, 0.1) is 0 Å². The van der Waals surface area contributed by atoms with Gasteiger partial charge in [-0.05, 0) is 32.9 Å². The van der Waals surface area contributed by atoms with E-state index in [-0.39, 0.29) is 5.69 Å². The number of halogens is 3. The topological polar surface area (TPSA) is 59.5 Å². The van der Waals surface area contributed by atoms with Crippen molar-refractivity contribution in [1.29, 1.82) is 0 Å². The Labute approximate surface area is 126 Å². The summed E-state index contributed by atoms with van der Waals surface area (Å²) >= 11 is 0. The van der Waals surface area contributed by atoms with E-state index >= 15 is 0 Å². The summed E-state index contributed by atoms with van der Waals surface area (Å²) in [4.78, 5) is 27.9. The molecule has 0 atom stereocenters. The van der Waals surface area contributed by atoms with Crippen LogP contribution in [0.4, 0.5) is 18.0 Å². The zero-order chi connectivity index (χ0) is 17.1. The molecule has 0 saturated heterocycles. The van der Waals surface area contributed by atoms with E-state index in [0.29, 0.717) is 0 Å². The van der Waals surface area contributed by atoms with Crippen molar-refractivity contribution in [3.8, 4) is 0 Å². The molecule has 122 valence electrons. The van der Waals surface area contributed by atoms with E-state index in [4.69, 9.17) is 4.74 Å². The van der Waals surface area contributed by atoms with E-state index in [0.717, 1.165) is 17.0 Å². The smallest absolute Gasteiger partial charge is 0.433 e. The van der Waals surface area contributed by atoms with E-state index in [9.17, 15) is 22.8 Å². The summed E-state index contributed by atoms with van der Waals surface area (Å²) in [6.45, 7) is 4.56. The van der Waals surface area contributed by atoms with Crippen molar-refractivity contribution >= 4 is 11.9 Å². The van der Waals surface area contributed by atoms with E-state index < -0.39 is 35.9 Å². The maximum absolute atomic E-state index is 12.5. The molecule has 0 unspecified atom stereocenters. The SMILES string of the molecule is CN(CC(=O)c1cccc(C(F)(F)F)n1)C(=O)OC(C)(C)C. The molecule has 0 aliphatic heterocycles. The maximum atomic E-state index is 12.5. The van der Waals surface area contributed by atoms with Gasteiger partial charge in [0.25, 0.3) is 0 Å². The van der Waals surface area contributed by atoms with Gasteiger partial charge in [0.1, 0.15) is 17.0 Å². The van der Waals surface area contributed by atoms with Crippen LogP contribution in [0.2, 0.25) is 0 Å². The molecule has 0 bridgehead atoms. The molecule has 1 heterocycles. The van der Waals surface area contributed by atoms with Crippen LogP contribution in [0.15, 0.2) is 18.2 Å². The minimum atomic E-state index is -4.63. The van der Waals surface area contributed by atoms with Crippen LogP contribution in [0.3, 0.4) is 0 Å². The second kappa shape index (κ2) is 6.33. The van der Waals surface area contributed by atoms with Gasteiger partial charge in [-0.25, -0.2) is 9.78 Å². The van der Waals surface area contributed by atoms with E-state index in [1.165, 1.54) is 13.1 Å². The summed E-state index contributed by atoms with van der Waals surface area (Å²) in [6.07, 6.45) is -5.37. The third kappa shape index (κ3) is 5.34. The summed E-state index contributed by atoms with van der Waals surface area (Å²) in [7, 11) is 1.32. The molecule has 0 aliphatic carbocycles. The van der Waals surface area contributed by atoms with Crippen LogP contribution in [0.25, 0.3) is 0 Å². The zero-order valence-corrected chi connectivity index (χ0v) is 12.7. The summed E-state index contributed by atoms with van der Waals surface area (Å²) in [5.41, 5.74) is -2.24. The minimum absolute atomic E-state index is 0.356. The molecule has 0 aromatic carbocycles. The normalized spacial score (nSPS) is 12.0. The lowest BCUT2D eigenvalue weighted by Crippen LogP contribution is -2.37. The number of aromatic nitrogens is 1. The molecule has 1 aromatic rings. The molecular formula is C14H17F3N2O3. The Morgan fingerprint density at radius 1 is 1.23 bits per heavy atom. The van der Waals surface area contributed by atoms with Gasteiger partial charge in [-0.2, -0.15) is 13.2 Å². The number of alkyl halides is 3. The van der Waals surface area contributed by atoms with Crippen molar-refractivity contribution in [1.82, 2.24) is 9.88 Å². The molecule has 0 N–H and O–H groups in total. The van der Waals surface area contributed by atoms with Gasteiger partial charge >= 0.3 is 12.3 Å².